The predicted octanol–water partition coefficient (Wildman–Crippen LogP) is 6.24. The van der Waals surface area contributed by atoms with E-state index in [0.717, 1.165) is 12.8 Å². The third-order valence-corrected chi connectivity index (χ3v) is 5.97. The Labute approximate surface area is 182 Å². The average molecular weight is 427 g/mol. The van der Waals surface area contributed by atoms with Crippen molar-refractivity contribution in [3.63, 3.8) is 0 Å². The van der Waals surface area contributed by atoms with E-state index in [2.05, 4.69) is 6.07 Å². The summed E-state index contributed by atoms with van der Waals surface area (Å²) in [5, 5.41) is 21.4. The van der Waals surface area contributed by atoms with Gasteiger partial charge in [0.05, 0.1) is 10.6 Å². The van der Waals surface area contributed by atoms with Crippen LogP contribution in [0.15, 0.2) is 42.5 Å². The molecule has 6 heteroatoms. The molecule has 0 bridgehead atoms. The second-order valence-corrected chi connectivity index (χ2v) is 9.60. The van der Waals surface area contributed by atoms with Gasteiger partial charge in [-0.15, -0.1) is 0 Å². The zero-order chi connectivity index (χ0) is 22.1. The molecule has 2 aromatic carbocycles. The Balaban J connectivity index is 1.73. The summed E-state index contributed by atoms with van der Waals surface area (Å²) in [6.45, 7) is 7.97. The van der Waals surface area contributed by atoms with Crippen LogP contribution in [0.5, 0.6) is 11.5 Å². The van der Waals surface area contributed by atoms with E-state index in [1.54, 1.807) is 42.5 Å². The molecule has 1 aliphatic rings. The normalized spacial score (nSPS) is 18.6. The number of carbonyl (C=O) groups excluding carboxylic acids is 1. The summed E-state index contributed by atoms with van der Waals surface area (Å²) in [5.41, 5.74) is 0.156. The molecule has 0 saturated carbocycles. The molecule has 2 aromatic rings. The summed E-state index contributed by atoms with van der Waals surface area (Å²) in [5.74, 6) is 1.000. The van der Waals surface area contributed by atoms with Crippen LogP contribution in [0.25, 0.3) is 0 Å². The zero-order valence-electron chi connectivity index (χ0n) is 17.8. The fourth-order valence-electron chi connectivity index (χ4n) is 4.53. The first kappa shape index (κ1) is 22.3. The molecule has 1 heterocycles. The van der Waals surface area contributed by atoms with Crippen LogP contribution in [0.3, 0.4) is 0 Å². The quantitative estimate of drug-likeness (QED) is 0.573. The number of hydroxylamine groups is 2. The monoisotopic (exact) mass is 426 g/mol. The smallest absolute Gasteiger partial charge is 0.163 e. The van der Waals surface area contributed by atoms with Gasteiger partial charge in [-0.1, -0.05) is 23.7 Å². The predicted molar refractivity (Wildman–Crippen MR) is 116 cm³/mol. The van der Waals surface area contributed by atoms with Crippen LogP contribution >= 0.6 is 11.6 Å². The van der Waals surface area contributed by atoms with Gasteiger partial charge in [-0.3, -0.25) is 4.79 Å². The highest BCUT2D eigenvalue weighted by Crippen LogP contribution is 2.42. The van der Waals surface area contributed by atoms with Gasteiger partial charge in [-0.05, 0) is 76.8 Å². The summed E-state index contributed by atoms with van der Waals surface area (Å²) >= 11 is 6.37. The Kier molecular flexibility index (Phi) is 6.24. The Hall–Kier alpha value is -2.39. The highest BCUT2D eigenvalue weighted by atomic mass is 35.5. The van der Waals surface area contributed by atoms with E-state index in [4.69, 9.17) is 16.3 Å². The molecule has 1 aliphatic heterocycles. The summed E-state index contributed by atoms with van der Waals surface area (Å²) in [6.07, 6.45) is 1.87. The number of rotatable bonds is 5. The molecule has 158 valence electrons. The number of halogens is 1. The fourth-order valence-corrected chi connectivity index (χ4v) is 4.74. The molecule has 1 saturated heterocycles. The first-order valence-corrected chi connectivity index (χ1v) is 10.4. The Morgan fingerprint density at radius 3 is 2.40 bits per heavy atom. The first-order valence-electron chi connectivity index (χ1n) is 10.0. The van der Waals surface area contributed by atoms with E-state index >= 15 is 0 Å². The van der Waals surface area contributed by atoms with Crippen molar-refractivity contribution in [2.45, 2.75) is 58.0 Å². The van der Waals surface area contributed by atoms with Crippen molar-refractivity contribution < 1.29 is 14.7 Å². The van der Waals surface area contributed by atoms with Crippen LogP contribution in [0.4, 0.5) is 0 Å². The van der Waals surface area contributed by atoms with E-state index < -0.39 is 11.1 Å². The van der Waals surface area contributed by atoms with Gasteiger partial charge >= 0.3 is 0 Å². The van der Waals surface area contributed by atoms with Crippen molar-refractivity contribution in [1.29, 1.82) is 5.26 Å². The van der Waals surface area contributed by atoms with Gasteiger partial charge < -0.3 is 9.94 Å². The largest absolute Gasteiger partial charge is 0.454 e. The van der Waals surface area contributed by atoms with Gasteiger partial charge in [-0.2, -0.15) is 10.3 Å². The second-order valence-electron chi connectivity index (χ2n) is 9.19. The second kappa shape index (κ2) is 8.39. The van der Waals surface area contributed by atoms with E-state index in [1.807, 2.05) is 27.7 Å². The number of benzene rings is 2. The molecular formula is C24H27ClN2O3. The lowest BCUT2D eigenvalue weighted by atomic mass is 9.73. The number of piperidine rings is 1. The van der Waals surface area contributed by atoms with Gasteiger partial charge in [0.25, 0.3) is 0 Å². The van der Waals surface area contributed by atoms with Crippen molar-refractivity contribution in [3.05, 3.63) is 58.6 Å². The minimum absolute atomic E-state index is 0.0175. The summed E-state index contributed by atoms with van der Waals surface area (Å²) < 4.78 is 5.78. The topological polar surface area (TPSA) is 73.6 Å². The number of hydrogen-bond acceptors (Lipinski definition) is 5. The summed E-state index contributed by atoms with van der Waals surface area (Å²) in [4.78, 5) is 12.9. The molecular weight excluding hydrogens is 400 g/mol. The van der Waals surface area contributed by atoms with Gasteiger partial charge in [0.1, 0.15) is 17.6 Å². The molecule has 0 aliphatic carbocycles. The summed E-state index contributed by atoms with van der Waals surface area (Å²) in [6, 6.07) is 14.0. The lowest BCUT2D eigenvalue weighted by Crippen LogP contribution is -2.59. The minimum atomic E-state index is -0.393. The molecule has 0 spiro atoms. The Bertz CT molecular complexity index is 976. The zero-order valence-corrected chi connectivity index (χ0v) is 18.5. The van der Waals surface area contributed by atoms with Gasteiger partial charge in [0, 0.05) is 23.1 Å². The molecule has 1 fully saturated rings. The van der Waals surface area contributed by atoms with Crippen molar-refractivity contribution in [1.82, 2.24) is 5.06 Å². The molecule has 0 amide bonds. The van der Waals surface area contributed by atoms with Crippen LogP contribution in [-0.4, -0.2) is 27.1 Å². The maximum absolute atomic E-state index is 12.9. The number of nitriles is 1. The van der Waals surface area contributed by atoms with Crippen molar-refractivity contribution in [2.24, 2.45) is 5.92 Å². The van der Waals surface area contributed by atoms with Gasteiger partial charge in [-0.25, -0.2) is 0 Å². The number of Topliss-reactive ketones (excluding diaryl/α,β-unsaturated/α-hetero) is 1. The van der Waals surface area contributed by atoms with Crippen LogP contribution in [-0.2, 0) is 0 Å². The molecule has 0 unspecified atom stereocenters. The lowest BCUT2D eigenvalue weighted by molar-refractivity contribution is -0.250. The number of nitrogens with zero attached hydrogens (tertiary/aromatic N) is 2. The molecule has 0 radical (unpaired) electrons. The molecule has 1 N–H and O–H groups in total. The Morgan fingerprint density at radius 2 is 1.80 bits per heavy atom. The van der Waals surface area contributed by atoms with Crippen molar-refractivity contribution in [2.75, 3.05) is 0 Å². The van der Waals surface area contributed by atoms with E-state index in [-0.39, 0.29) is 11.7 Å². The number of ketones is 1. The van der Waals surface area contributed by atoms with Crippen molar-refractivity contribution >= 4 is 17.4 Å². The number of para-hydroxylation sites is 1. The average Bonchev–Trinajstić information content (AvgIpc) is 2.67. The highest BCUT2D eigenvalue weighted by Gasteiger charge is 2.45. The van der Waals surface area contributed by atoms with Crippen LogP contribution in [0.1, 0.15) is 62.9 Å². The fraction of sp³-hybridized carbons (Fsp3) is 0.417. The highest BCUT2D eigenvalue weighted by molar-refractivity contribution is 6.32. The standard InChI is InChI=1S/C24H27ClN2O3/c1-23(2)13-16(14-24(3,4)27(23)29)11-20(28)17-9-10-22(19(25)12-17)30-21-8-6-5-7-18(21)15-26/h5-10,12,16,29H,11,13-14H2,1-4H3. The maximum Gasteiger partial charge on any atom is 0.163 e. The van der Waals surface area contributed by atoms with Gasteiger partial charge in [0.15, 0.2) is 5.78 Å². The maximum atomic E-state index is 12.9. The van der Waals surface area contributed by atoms with E-state index in [1.165, 1.54) is 5.06 Å². The first-order chi connectivity index (χ1) is 14.0. The molecule has 3 rings (SSSR count). The Morgan fingerprint density at radius 1 is 1.17 bits per heavy atom. The van der Waals surface area contributed by atoms with E-state index in [9.17, 15) is 15.3 Å². The number of ether oxygens (including phenoxy) is 1. The molecule has 5 nitrogen and oxygen atoms in total. The lowest BCUT2D eigenvalue weighted by Gasteiger charge is -2.51. The van der Waals surface area contributed by atoms with Crippen LogP contribution in [0.2, 0.25) is 5.02 Å². The van der Waals surface area contributed by atoms with E-state index in [0.29, 0.717) is 34.1 Å². The minimum Gasteiger partial charge on any atom is -0.454 e. The third kappa shape index (κ3) is 4.67. The van der Waals surface area contributed by atoms with Crippen LogP contribution in [0, 0.1) is 17.2 Å². The number of carbonyl (C=O) groups is 1. The third-order valence-electron chi connectivity index (χ3n) is 5.68. The molecule has 0 atom stereocenters. The number of hydrogen-bond donors (Lipinski definition) is 1. The molecule has 0 aromatic heterocycles. The summed E-state index contributed by atoms with van der Waals surface area (Å²) in [7, 11) is 0. The van der Waals surface area contributed by atoms with Crippen molar-refractivity contribution in [3.8, 4) is 17.6 Å². The van der Waals surface area contributed by atoms with Crippen LogP contribution < -0.4 is 4.74 Å². The SMILES string of the molecule is CC1(C)CC(CC(=O)c2ccc(Oc3ccccc3C#N)c(Cl)c2)CC(C)(C)N1O. The van der Waals surface area contributed by atoms with Gasteiger partial charge in [0.2, 0.25) is 0 Å². The molecule has 30 heavy (non-hydrogen) atoms.